The molecule has 0 saturated carbocycles. The second-order valence-corrected chi connectivity index (χ2v) is 3.74. The molecule has 1 unspecified atom stereocenters. The molecule has 0 aliphatic carbocycles. The van der Waals surface area contributed by atoms with Gasteiger partial charge >= 0.3 is 5.97 Å². The second kappa shape index (κ2) is 4.42. The van der Waals surface area contributed by atoms with Crippen LogP contribution in [0.25, 0.3) is 0 Å². The van der Waals surface area contributed by atoms with Crippen molar-refractivity contribution >= 4 is 5.97 Å². The van der Waals surface area contributed by atoms with Crippen LogP contribution in [0.4, 0.5) is 0 Å². The van der Waals surface area contributed by atoms with Crippen LogP contribution in [0, 0.1) is 5.92 Å². The molecule has 0 saturated heterocycles. The summed E-state index contributed by atoms with van der Waals surface area (Å²) in [5.41, 5.74) is 5.31. The molecule has 12 heavy (non-hydrogen) atoms. The van der Waals surface area contributed by atoms with Gasteiger partial charge in [0.15, 0.2) is 0 Å². The molecule has 72 valence electrons. The quantitative estimate of drug-likeness (QED) is 0.557. The zero-order valence-corrected chi connectivity index (χ0v) is 7.58. The van der Waals surface area contributed by atoms with Crippen molar-refractivity contribution in [3.63, 3.8) is 0 Å². The minimum Gasteiger partial charge on any atom is -0.481 e. The van der Waals surface area contributed by atoms with Gasteiger partial charge in [-0.2, -0.15) is 0 Å². The first kappa shape index (κ1) is 11.4. The number of carboxylic acid groups (broad SMARTS) is 1. The standard InChI is InChI=1S/C8H17NO3/c1-8(2,9)4-3-6(5-10)7(11)12/h6,10H,3-5,9H2,1-2H3,(H,11,12). The lowest BCUT2D eigenvalue weighted by Gasteiger charge is -2.19. The summed E-state index contributed by atoms with van der Waals surface area (Å²) in [6.07, 6.45) is 1.03. The lowest BCUT2D eigenvalue weighted by molar-refractivity contribution is -0.143. The first-order chi connectivity index (χ1) is 5.37. The highest BCUT2D eigenvalue weighted by Crippen LogP contribution is 2.13. The van der Waals surface area contributed by atoms with Gasteiger partial charge in [-0.15, -0.1) is 0 Å². The molecular weight excluding hydrogens is 158 g/mol. The van der Waals surface area contributed by atoms with E-state index in [2.05, 4.69) is 0 Å². The maximum Gasteiger partial charge on any atom is 0.308 e. The summed E-state index contributed by atoms with van der Waals surface area (Å²) >= 11 is 0. The van der Waals surface area contributed by atoms with Crippen molar-refractivity contribution in [1.82, 2.24) is 0 Å². The zero-order chi connectivity index (χ0) is 9.78. The van der Waals surface area contributed by atoms with Gasteiger partial charge in [-0.3, -0.25) is 4.79 Å². The summed E-state index contributed by atoms with van der Waals surface area (Å²) in [7, 11) is 0. The molecule has 0 rings (SSSR count). The molecule has 0 aliphatic heterocycles. The van der Waals surface area contributed by atoms with Crippen LogP contribution < -0.4 is 5.73 Å². The largest absolute Gasteiger partial charge is 0.481 e. The van der Waals surface area contributed by atoms with Gasteiger partial charge in [-0.25, -0.2) is 0 Å². The molecule has 0 aliphatic rings. The minimum absolute atomic E-state index is 0.314. The third kappa shape index (κ3) is 5.09. The number of rotatable bonds is 5. The number of carbonyl (C=O) groups is 1. The highest BCUT2D eigenvalue weighted by molar-refractivity contribution is 5.70. The fourth-order valence-corrected chi connectivity index (χ4v) is 0.839. The maximum absolute atomic E-state index is 10.4. The van der Waals surface area contributed by atoms with Gasteiger partial charge in [-0.05, 0) is 26.7 Å². The molecule has 0 radical (unpaired) electrons. The normalized spacial score (nSPS) is 14.3. The van der Waals surface area contributed by atoms with Crippen molar-refractivity contribution < 1.29 is 15.0 Å². The van der Waals surface area contributed by atoms with Crippen molar-refractivity contribution in [3.05, 3.63) is 0 Å². The number of aliphatic carboxylic acids is 1. The molecule has 4 nitrogen and oxygen atoms in total. The van der Waals surface area contributed by atoms with Crippen LogP contribution in [-0.2, 0) is 4.79 Å². The lowest BCUT2D eigenvalue weighted by Crippen LogP contribution is -2.33. The van der Waals surface area contributed by atoms with Crippen LogP contribution in [0.1, 0.15) is 26.7 Å². The Morgan fingerprint density at radius 2 is 2.08 bits per heavy atom. The monoisotopic (exact) mass is 175 g/mol. The maximum atomic E-state index is 10.4. The van der Waals surface area contributed by atoms with Gasteiger partial charge in [0.1, 0.15) is 0 Å². The molecule has 0 fully saturated rings. The van der Waals surface area contributed by atoms with Crippen molar-refractivity contribution in [3.8, 4) is 0 Å². The smallest absolute Gasteiger partial charge is 0.308 e. The minimum atomic E-state index is -0.957. The number of aliphatic hydroxyl groups excluding tert-OH is 1. The molecule has 0 bridgehead atoms. The Hall–Kier alpha value is -0.610. The third-order valence-electron chi connectivity index (χ3n) is 1.71. The van der Waals surface area contributed by atoms with E-state index in [4.69, 9.17) is 15.9 Å². The van der Waals surface area contributed by atoms with E-state index in [0.29, 0.717) is 12.8 Å². The molecule has 0 spiro atoms. The number of nitrogens with two attached hydrogens (primary N) is 1. The molecule has 0 aromatic carbocycles. The Kier molecular flexibility index (Phi) is 4.20. The van der Waals surface area contributed by atoms with Crippen LogP contribution >= 0.6 is 0 Å². The fourth-order valence-electron chi connectivity index (χ4n) is 0.839. The highest BCUT2D eigenvalue weighted by Gasteiger charge is 2.19. The average molecular weight is 175 g/mol. The summed E-state index contributed by atoms with van der Waals surface area (Å²) in [6, 6.07) is 0. The number of hydrogen-bond acceptors (Lipinski definition) is 3. The van der Waals surface area contributed by atoms with Gasteiger partial charge in [0.25, 0.3) is 0 Å². The Bertz CT molecular complexity index is 151. The number of carboxylic acids is 1. The molecule has 4 heteroatoms. The van der Waals surface area contributed by atoms with Gasteiger partial charge in [-0.1, -0.05) is 0 Å². The highest BCUT2D eigenvalue weighted by atomic mass is 16.4. The SMILES string of the molecule is CC(C)(N)CCC(CO)C(=O)O. The first-order valence-corrected chi connectivity index (χ1v) is 3.99. The van der Waals surface area contributed by atoms with Crippen molar-refractivity contribution in [2.45, 2.75) is 32.2 Å². The van der Waals surface area contributed by atoms with E-state index >= 15 is 0 Å². The molecule has 0 amide bonds. The van der Waals surface area contributed by atoms with E-state index in [1.54, 1.807) is 0 Å². The number of aliphatic hydroxyl groups is 1. The molecule has 0 heterocycles. The van der Waals surface area contributed by atoms with Crippen LogP contribution in [0.3, 0.4) is 0 Å². The Labute approximate surface area is 72.4 Å². The van der Waals surface area contributed by atoms with E-state index < -0.39 is 11.9 Å². The van der Waals surface area contributed by atoms with E-state index in [-0.39, 0.29) is 12.1 Å². The van der Waals surface area contributed by atoms with Crippen LogP contribution in [0.15, 0.2) is 0 Å². The predicted molar refractivity (Wildman–Crippen MR) is 45.7 cm³/mol. The van der Waals surface area contributed by atoms with Gasteiger partial charge < -0.3 is 15.9 Å². The van der Waals surface area contributed by atoms with Gasteiger partial charge in [0.2, 0.25) is 0 Å². The summed E-state index contributed by atoms with van der Waals surface area (Å²) < 4.78 is 0. The topological polar surface area (TPSA) is 83.5 Å². The van der Waals surface area contributed by atoms with Crippen LogP contribution in [0.5, 0.6) is 0 Å². The second-order valence-electron chi connectivity index (χ2n) is 3.74. The summed E-state index contributed by atoms with van der Waals surface area (Å²) in [4.78, 5) is 10.4. The Morgan fingerprint density at radius 1 is 1.58 bits per heavy atom. The lowest BCUT2D eigenvalue weighted by atomic mass is 9.94. The molecule has 0 aromatic rings. The van der Waals surface area contributed by atoms with E-state index in [1.165, 1.54) is 0 Å². The average Bonchev–Trinajstić information content (AvgIpc) is 1.85. The summed E-state index contributed by atoms with van der Waals surface area (Å²) in [5, 5.41) is 17.2. The van der Waals surface area contributed by atoms with Gasteiger partial charge in [0.05, 0.1) is 12.5 Å². The Balaban J connectivity index is 3.81. The summed E-state index contributed by atoms with van der Waals surface area (Å²) in [6.45, 7) is 3.36. The summed E-state index contributed by atoms with van der Waals surface area (Å²) in [5.74, 6) is -1.63. The van der Waals surface area contributed by atoms with Crippen molar-refractivity contribution in [2.75, 3.05) is 6.61 Å². The third-order valence-corrected chi connectivity index (χ3v) is 1.71. The molecule has 0 aromatic heterocycles. The van der Waals surface area contributed by atoms with Crippen molar-refractivity contribution in [1.29, 1.82) is 0 Å². The molecule has 4 N–H and O–H groups in total. The fraction of sp³-hybridized carbons (Fsp3) is 0.875. The Morgan fingerprint density at radius 3 is 2.33 bits per heavy atom. The van der Waals surface area contributed by atoms with Crippen LogP contribution in [-0.4, -0.2) is 28.3 Å². The molecular formula is C8H17NO3. The number of hydrogen-bond donors (Lipinski definition) is 3. The van der Waals surface area contributed by atoms with E-state index in [0.717, 1.165) is 0 Å². The first-order valence-electron chi connectivity index (χ1n) is 3.99. The predicted octanol–water partition coefficient (Wildman–Crippen LogP) is 0.197. The van der Waals surface area contributed by atoms with Gasteiger partial charge in [0, 0.05) is 5.54 Å². The van der Waals surface area contributed by atoms with E-state index in [1.807, 2.05) is 13.8 Å². The van der Waals surface area contributed by atoms with E-state index in [9.17, 15) is 4.79 Å². The van der Waals surface area contributed by atoms with Crippen LogP contribution in [0.2, 0.25) is 0 Å². The zero-order valence-electron chi connectivity index (χ0n) is 7.58. The molecule has 1 atom stereocenters. The van der Waals surface area contributed by atoms with Crippen molar-refractivity contribution in [2.24, 2.45) is 11.7 Å².